The first kappa shape index (κ1) is 13.6. The van der Waals surface area contributed by atoms with Crippen molar-refractivity contribution < 1.29 is 4.79 Å². The van der Waals surface area contributed by atoms with Gasteiger partial charge >= 0.3 is 0 Å². The molecule has 19 heavy (non-hydrogen) atoms. The average molecular weight is 257 g/mol. The third-order valence-corrected chi connectivity index (χ3v) is 3.69. The number of nitrogens with zero attached hydrogens (tertiary/aromatic N) is 2. The zero-order valence-electron chi connectivity index (χ0n) is 11.2. The first-order valence-corrected chi connectivity index (χ1v) is 6.69. The van der Waals surface area contributed by atoms with E-state index in [9.17, 15) is 4.79 Å². The standard InChI is InChI=1S/C15H19N3O/c1-18-9-3-6-14(18)7-8-17-15(19)13-5-2-4-12(10-13)11-16/h2,4-5,10,14H,3,6-9H2,1H3,(H,17,19). The zero-order valence-corrected chi connectivity index (χ0v) is 11.2. The SMILES string of the molecule is CN1CCCC1CCNC(=O)c1cccc(C#N)c1. The maximum atomic E-state index is 11.9. The summed E-state index contributed by atoms with van der Waals surface area (Å²) < 4.78 is 0. The number of nitrogens with one attached hydrogen (secondary N) is 1. The Hall–Kier alpha value is -1.86. The first-order valence-electron chi connectivity index (χ1n) is 6.69. The summed E-state index contributed by atoms with van der Waals surface area (Å²) in [5, 5.41) is 11.7. The van der Waals surface area contributed by atoms with Gasteiger partial charge in [0.15, 0.2) is 0 Å². The Kier molecular flexibility index (Phi) is 4.53. The van der Waals surface area contributed by atoms with Crippen molar-refractivity contribution in [2.24, 2.45) is 0 Å². The topological polar surface area (TPSA) is 56.1 Å². The van der Waals surface area contributed by atoms with Gasteiger partial charge in [-0.15, -0.1) is 0 Å². The molecule has 100 valence electrons. The summed E-state index contributed by atoms with van der Waals surface area (Å²) in [5.41, 5.74) is 1.07. The number of benzene rings is 1. The smallest absolute Gasteiger partial charge is 0.251 e. The molecule has 1 atom stereocenters. The highest BCUT2D eigenvalue weighted by Gasteiger charge is 2.20. The summed E-state index contributed by atoms with van der Waals surface area (Å²) in [6.45, 7) is 1.84. The van der Waals surface area contributed by atoms with Crippen molar-refractivity contribution in [3.05, 3.63) is 35.4 Å². The van der Waals surface area contributed by atoms with Gasteiger partial charge in [-0.1, -0.05) is 6.07 Å². The van der Waals surface area contributed by atoms with E-state index in [1.807, 2.05) is 6.07 Å². The predicted octanol–water partition coefficient (Wildman–Crippen LogP) is 1.77. The van der Waals surface area contributed by atoms with Crippen LogP contribution in [0.25, 0.3) is 0 Å². The maximum Gasteiger partial charge on any atom is 0.251 e. The van der Waals surface area contributed by atoms with Crippen LogP contribution in [0.2, 0.25) is 0 Å². The van der Waals surface area contributed by atoms with E-state index in [1.165, 1.54) is 12.8 Å². The van der Waals surface area contributed by atoms with Gasteiger partial charge in [-0.2, -0.15) is 5.26 Å². The molecule has 0 spiro atoms. The first-order chi connectivity index (χ1) is 9.20. The highest BCUT2D eigenvalue weighted by atomic mass is 16.1. The molecule has 0 aliphatic carbocycles. The number of hydrogen-bond acceptors (Lipinski definition) is 3. The molecule has 1 aromatic carbocycles. The van der Waals surface area contributed by atoms with Crippen LogP contribution in [-0.4, -0.2) is 37.0 Å². The summed E-state index contributed by atoms with van der Waals surface area (Å²) >= 11 is 0. The summed E-state index contributed by atoms with van der Waals surface area (Å²) in [5.74, 6) is -0.0993. The second-order valence-corrected chi connectivity index (χ2v) is 5.01. The number of rotatable bonds is 4. The number of hydrogen-bond donors (Lipinski definition) is 1. The van der Waals surface area contributed by atoms with Crippen LogP contribution in [0.15, 0.2) is 24.3 Å². The van der Waals surface area contributed by atoms with E-state index in [0.29, 0.717) is 23.7 Å². The Balaban J connectivity index is 1.82. The fourth-order valence-corrected chi connectivity index (χ4v) is 2.53. The Morgan fingerprint density at radius 1 is 1.58 bits per heavy atom. The zero-order chi connectivity index (χ0) is 13.7. The summed E-state index contributed by atoms with van der Waals surface area (Å²) in [7, 11) is 2.13. The van der Waals surface area contributed by atoms with Gasteiger partial charge in [0, 0.05) is 18.2 Å². The van der Waals surface area contributed by atoms with Crippen LogP contribution in [0, 0.1) is 11.3 Å². The molecule has 0 bridgehead atoms. The lowest BCUT2D eigenvalue weighted by molar-refractivity contribution is 0.0950. The van der Waals surface area contributed by atoms with Crippen LogP contribution in [0.3, 0.4) is 0 Å². The van der Waals surface area contributed by atoms with E-state index in [0.717, 1.165) is 13.0 Å². The summed E-state index contributed by atoms with van der Waals surface area (Å²) in [6, 6.07) is 9.42. The van der Waals surface area contributed by atoms with Crippen molar-refractivity contribution in [3.63, 3.8) is 0 Å². The number of nitriles is 1. The molecule has 1 aromatic rings. The van der Waals surface area contributed by atoms with E-state index < -0.39 is 0 Å². The molecule has 1 saturated heterocycles. The summed E-state index contributed by atoms with van der Waals surface area (Å²) in [6.07, 6.45) is 3.45. The summed E-state index contributed by atoms with van der Waals surface area (Å²) in [4.78, 5) is 14.3. The van der Waals surface area contributed by atoms with Crippen molar-refractivity contribution >= 4 is 5.91 Å². The number of carbonyl (C=O) groups is 1. The molecule has 1 unspecified atom stereocenters. The number of amides is 1. The van der Waals surface area contributed by atoms with Gasteiger partial charge in [0.1, 0.15) is 0 Å². The molecule has 1 N–H and O–H groups in total. The maximum absolute atomic E-state index is 11.9. The van der Waals surface area contributed by atoms with Crippen molar-refractivity contribution in [1.82, 2.24) is 10.2 Å². The molecule has 1 aliphatic rings. The molecule has 1 amide bonds. The van der Waals surface area contributed by atoms with Crippen molar-refractivity contribution in [3.8, 4) is 6.07 Å². The molecule has 4 heteroatoms. The van der Waals surface area contributed by atoms with Crippen LogP contribution < -0.4 is 5.32 Å². The van der Waals surface area contributed by atoms with Gasteiger partial charge in [0.2, 0.25) is 0 Å². The Morgan fingerprint density at radius 3 is 3.11 bits per heavy atom. The third-order valence-electron chi connectivity index (χ3n) is 3.69. The monoisotopic (exact) mass is 257 g/mol. The fourth-order valence-electron chi connectivity index (χ4n) is 2.53. The van der Waals surface area contributed by atoms with Crippen molar-refractivity contribution in [2.45, 2.75) is 25.3 Å². The molecule has 0 saturated carbocycles. The van der Waals surface area contributed by atoms with E-state index >= 15 is 0 Å². The van der Waals surface area contributed by atoms with Crippen molar-refractivity contribution in [1.29, 1.82) is 5.26 Å². The van der Waals surface area contributed by atoms with E-state index in [-0.39, 0.29) is 5.91 Å². The van der Waals surface area contributed by atoms with Crippen LogP contribution in [0.1, 0.15) is 35.2 Å². The second-order valence-electron chi connectivity index (χ2n) is 5.01. The van der Waals surface area contributed by atoms with E-state index in [4.69, 9.17) is 5.26 Å². The molecular weight excluding hydrogens is 238 g/mol. The predicted molar refractivity (Wildman–Crippen MR) is 73.8 cm³/mol. The van der Waals surface area contributed by atoms with Crippen LogP contribution in [-0.2, 0) is 0 Å². The van der Waals surface area contributed by atoms with E-state index in [1.54, 1.807) is 24.3 Å². The lowest BCUT2D eigenvalue weighted by Crippen LogP contribution is -2.31. The largest absolute Gasteiger partial charge is 0.352 e. The number of carbonyl (C=O) groups excluding carboxylic acids is 1. The quantitative estimate of drug-likeness (QED) is 0.894. The average Bonchev–Trinajstić information content (AvgIpc) is 2.84. The van der Waals surface area contributed by atoms with Crippen LogP contribution >= 0.6 is 0 Å². The lowest BCUT2D eigenvalue weighted by Gasteiger charge is -2.19. The molecule has 1 heterocycles. The minimum absolute atomic E-state index is 0.0993. The Morgan fingerprint density at radius 2 is 2.42 bits per heavy atom. The Labute approximate surface area is 114 Å². The number of likely N-dealkylation sites (tertiary alicyclic amines) is 1. The second kappa shape index (κ2) is 6.35. The van der Waals surface area contributed by atoms with Crippen LogP contribution in [0.4, 0.5) is 0 Å². The van der Waals surface area contributed by atoms with Crippen LogP contribution in [0.5, 0.6) is 0 Å². The molecule has 0 radical (unpaired) electrons. The molecule has 1 fully saturated rings. The highest BCUT2D eigenvalue weighted by Crippen LogP contribution is 2.17. The van der Waals surface area contributed by atoms with Gasteiger partial charge in [0.05, 0.1) is 11.6 Å². The molecule has 1 aliphatic heterocycles. The Bertz CT molecular complexity index is 492. The molecular formula is C15H19N3O. The minimum atomic E-state index is -0.0993. The van der Waals surface area contributed by atoms with Gasteiger partial charge in [-0.25, -0.2) is 0 Å². The molecule has 0 aromatic heterocycles. The molecule has 4 nitrogen and oxygen atoms in total. The van der Waals surface area contributed by atoms with Gasteiger partial charge < -0.3 is 10.2 Å². The lowest BCUT2D eigenvalue weighted by atomic mass is 10.1. The fraction of sp³-hybridized carbons (Fsp3) is 0.467. The normalized spacial score (nSPS) is 19.1. The van der Waals surface area contributed by atoms with E-state index in [2.05, 4.69) is 17.3 Å². The van der Waals surface area contributed by atoms with Gasteiger partial charge in [0.25, 0.3) is 5.91 Å². The van der Waals surface area contributed by atoms with Crippen molar-refractivity contribution in [2.75, 3.05) is 20.1 Å². The van der Waals surface area contributed by atoms with Gasteiger partial charge in [-0.3, -0.25) is 4.79 Å². The highest BCUT2D eigenvalue weighted by molar-refractivity contribution is 5.94. The molecule has 2 rings (SSSR count). The third kappa shape index (κ3) is 3.55. The van der Waals surface area contributed by atoms with Gasteiger partial charge in [-0.05, 0) is 51.1 Å². The minimum Gasteiger partial charge on any atom is -0.352 e.